The Labute approximate surface area is 265 Å². The molecular weight excluding hydrogens is 562 g/mol. The van der Waals surface area contributed by atoms with Gasteiger partial charge in [-0.3, -0.25) is 0 Å². The van der Waals surface area contributed by atoms with E-state index in [4.69, 9.17) is 8.83 Å². The summed E-state index contributed by atoms with van der Waals surface area (Å²) in [7, 11) is 0. The van der Waals surface area contributed by atoms with Crippen LogP contribution in [-0.2, 0) is 0 Å². The van der Waals surface area contributed by atoms with E-state index in [9.17, 15) is 5.26 Å². The zero-order valence-corrected chi connectivity index (χ0v) is 24.7. The largest absolute Gasteiger partial charge is 0.456 e. The van der Waals surface area contributed by atoms with Crippen molar-refractivity contribution in [1.29, 1.82) is 5.26 Å². The average molecular weight is 588 g/mol. The smallest absolute Gasteiger partial charge is 0.136 e. The van der Waals surface area contributed by atoms with Crippen molar-refractivity contribution in [1.82, 2.24) is 0 Å². The summed E-state index contributed by atoms with van der Waals surface area (Å²) >= 11 is 0. The van der Waals surface area contributed by atoms with E-state index in [2.05, 4.69) is 91.0 Å². The molecular formula is C43H25NO2. The molecule has 0 aliphatic carbocycles. The highest BCUT2D eigenvalue weighted by Gasteiger charge is 2.18. The van der Waals surface area contributed by atoms with Crippen LogP contribution in [0.15, 0.2) is 160 Å². The minimum atomic E-state index is 0.647. The van der Waals surface area contributed by atoms with Crippen LogP contribution in [-0.4, -0.2) is 0 Å². The van der Waals surface area contributed by atoms with Crippen molar-refractivity contribution in [3.63, 3.8) is 0 Å². The fourth-order valence-electron chi connectivity index (χ4n) is 6.77. The number of hydrogen-bond donors (Lipinski definition) is 0. The van der Waals surface area contributed by atoms with E-state index in [1.54, 1.807) is 0 Å². The average Bonchev–Trinajstić information content (AvgIpc) is 3.69. The predicted octanol–water partition coefficient (Wildman–Crippen LogP) is 12.0. The first-order valence-corrected chi connectivity index (χ1v) is 15.3. The minimum Gasteiger partial charge on any atom is -0.456 e. The Morgan fingerprint density at radius 3 is 1.67 bits per heavy atom. The van der Waals surface area contributed by atoms with Crippen molar-refractivity contribution in [3.8, 4) is 50.6 Å². The predicted molar refractivity (Wildman–Crippen MR) is 187 cm³/mol. The summed E-state index contributed by atoms with van der Waals surface area (Å²) in [5.41, 5.74) is 12.6. The van der Waals surface area contributed by atoms with Crippen LogP contribution in [0.1, 0.15) is 5.56 Å². The van der Waals surface area contributed by atoms with Crippen LogP contribution >= 0.6 is 0 Å². The van der Waals surface area contributed by atoms with Gasteiger partial charge in [-0.2, -0.15) is 5.26 Å². The Morgan fingerprint density at radius 1 is 0.348 bits per heavy atom. The summed E-state index contributed by atoms with van der Waals surface area (Å²) in [6.07, 6.45) is 0. The molecule has 0 bridgehead atoms. The Balaban J connectivity index is 1.29. The number of benzene rings is 7. The zero-order valence-electron chi connectivity index (χ0n) is 24.7. The minimum absolute atomic E-state index is 0.647. The van der Waals surface area contributed by atoms with E-state index in [1.165, 1.54) is 0 Å². The molecule has 7 aromatic carbocycles. The highest BCUT2D eigenvalue weighted by molar-refractivity contribution is 6.08. The van der Waals surface area contributed by atoms with E-state index in [0.29, 0.717) is 5.56 Å². The van der Waals surface area contributed by atoms with Crippen LogP contribution in [0.4, 0.5) is 0 Å². The molecule has 0 unspecified atom stereocenters. The molecule has 0 fully saturated rings. The molecule has 0 saturated heterocycles. The summed E-state index contributed by atoms with van der Waals surface area (Å²) in [5, 5.41) is 14.4. The summed E-state index contributed by atoms with van der Waals surface area (Å²) in [6, 6.07) is 54.4. The molecule has 46 heavy (non-hydrogen) atoms. The van der Waals surface area contributed by atoms with E-state index < -0.39 is 0 Å². The van der Waals surface area contributed by atoms with Crippen molar-refractivity contribution in [2.24, 2.45) is 0 Å². The van der Waals surface area contributed by atoms with Gasteiger partial charge in [0, 0.05) is 27.1 Å². The fraction of sp³-hybridized carbons (Fsp3) is 0. The molecule has 0 N–H and O–H groups in total. The lowest BCUT2D eigenvalue weighted by molar-refractivity contribution is 0.668. The lowest BCUT2D eigenvalue weighted by Gasteiger charge is -2.17. The molecule has 0 radical (unpaired) electrons. The molecule has 2 aromatic heterocycles. The van der Waals surface area contributed by atoms with Gasteiger partial charge in [-0.05, 0) is 87.5 Å². The van der Waals surface area contributed by atoms with Gasteiger partial charge in [-0.15, -0.1) is 0 Å². The van der Waals surface area contributed by atoms with Gasteiger partial charge in [0.15, 0.2) is 0 Å². The van der Waals surface area contributed by atoms with Crippen molar-refractivity contribution in [2.45, 2.75) is 0 Å². The first kappa shape index (κ1) is 26.1. The van der Waals surface area contributed by atoms with Crippen LogP contribution in [0.5, 0.6) is 0 Å². The molecule has 9 rings (SSSR count). The number of rotatable bonds is 4. The van der Waals surface area contributed by atoms with Gasteiger partial charge in [0.1, 0.15) is 22.3 Å². The van der Waals surface area contributed by atoms with Gasteiger partial charge in [0.25, 0.3) is 0 Å². The Kier molecular flexibility index (Phi) is 5.88. The lowest BCUT2D eigenvalue weighted by Crippen LogP contribution is -1.92. The summed E-state index contributed by atoms with van der Waals surface area (Å²) in [5.74, 6) is 0. The van der Waals surface area contributed by atoms with Crippen LogP contribution in [0.25, 0.3) is 88.4 Å². The third-order valence-corrected chi connectivity index (χ3v) is 8.97. The molecule has 214 valence electrons. The molecule has 0 aliphatic rings. The van der Waals surface area contributed by atoms with Gasteiger partial charge in [0.05, 0.1) is 11.6 Å². The molecule has 0 spiro atoms. The monoisotopic (exact) mass is 587 g/mol. The summed E-state index contributed by atoms with van der Waals surface area (Å²) in [4.78, 5) is 0. The number of hydrogen-bond acceptors (Lipinski definition) is 3. The van der Waals surface area contributed by atoms with Gasteiger partial charge in [-0.1, -0.05) is 103 Å². The van der Waals surface area contributed by atoms with E-state index in [1.807, 2.05) is 66.7 Å². The first-order valence-electron chi connectivity index (χ1n) is 15.3. The van der Waals surface area contributed by atoms with Crippen LogP contribution in [0.2, 0.25) is 0 Å². The highest BCUT2D eigenvalue weighted by Crippen LogP contribution is 2.43. The van der Waals surface area contributed by atoms with Crippen LogP contribution in [0, 0.1) is 11.3 Å². The van der Waals surface area contributed by atoms with Gasteiger partial charge >= 0.3 is 0 Å². The third kappa shape index (κ3) is 4.13. The van der Waals surface area contributed by atoms with Crippen molar-refractivity contribution in [3.05, 3.63) is 157 Å². The van der Waals surface area contributed by atoms with Crippen LogP contribution in [0.3, 0.4) is 0 Å². The SMILES string of the molecule is N#Cc1ccccc1-c1ccccc1-c1cc(-c2ccc3oc4ccccc4c3c2)ccc1-c1ccc2c(c1)oc1ccccc12. The Morgan fingerprint density at radius 2 is 0.891 bits per heavy atom. The van der Waals surface area contributed by atoms with Crippen molar-refractivity contribution < 1.29 is 8.83 Å². The topological polar surface area (TPSA) is 50.1 Å². The number of nitriles is 1. The second-order valence-corrected chi connectivity index (χ2v) is 11.6. The standard InChI is InChI=1S/C43H25NO2/c44-26-30-9-1-2-10-31(30)33-11-3-4-12-34(33)38-23-27(28-19-22-42-39(24-28)36-14-6-8-16-41(36)45-42)17-20-32(38)29-18-21-37-35-13-5-7-15-40(35)46-43(37)25-29/h1-25H. The number of nitrogens with zero attached hydrogens (tertiary/aromatic N) is 1. The normalized spacial score (nSPS) is 11.5. The molecule has 0 amide bonds. The molecule has 9 aromatic rings. The molecule has 0 aliphatic heterocycles. The molecule has 3 nitrogen and oxygen atoms in total. The summed E-state index contributed by atoms with van der Waals surface area (Å²) in [6.45, 7) is 0. The Bertz CT molecular complexity index is 2670. The summed E-state index contributed by atoms with van der Waals surface area (Å²) < 4.78 is 12.4. The second kappa shape index (κ2) is 10.4. The van der Waals surface area contributed by atoms with E-state index >= 15 is 0 Å². The van der Waals surface area contributed by atoms with Crippen molar-refractivity contribution in [2.75, 3.05) is 0 Å². The number of furan rings is 2. The van der Waals surface area contributed by atoms with Crippen molar-refractivity contribution >= 4 is 43.9 Å². The van der Waals surface area contributed by atoms with Gasteiger partial charge < -0.3 is 8.83 Å². The maximum Gasteiger partial charge on any atom is 0.136 e. The molecule has 2 heterocycles. The zero-order chi connectivity index (χ0) is 30.6. The first-order chi connectivity index (χ1) is 22.7. The Hall–Kier alpha value is -6.37. The lowest BCUT2D eigenvalue weighted by atomic mass is 9.86. The van der Waals surface area contributed by atoms with Gasteiger partial charge in [-0.25, -0.2) is 0 Å². The number of fused-ring (bicyclic) bond motifs is 6. The van der Waals surface area contributed by atoms with Crippen LogP contribution < -0.4 is 0 Å². The molecule has 0 atom stereocenters. The van der Waals surface area contributed by atoms with Gasteiger partial charge in [0.2, 0.25) is 0 Å². The maximum atomic E-state index is 10.0. The maximum absolute atomic E-state index is 10.0. The third-order valence-electron chi connectivity index (χ3n) is 8.97. The van der Waals surface area contributed by atoms with E-state index in [0.717, 1.165) is 88.4 Å². The van der Waals surface area contributed by atoms with E-state index in [-0.39, 0.29) is 0 Å². The number of para-hydroxylation sites is 2. The quantitative estimate of drug-likeness (QED) is 0.206. The highest BCUT2D eigenvalue weighted by atomic mass is 16.3. The fourth-order valence-corrected chi connectivity index (χ4v) is 6.77. The molecule has 0 saturated carbocycles. The second-order valence-electron chi connectivity index (χ2n) is 11.6. The molecule has 3 heteroatoms.